The van der Waals surface area contributed by atoms with Gasteiger partial charge in [-0.2, -0.15) is 0 Å². The highest BCUT2D eigenvalue weighted by molar-refractivity contribution is 6.04. The number of carbonyl (C=O) groups excluding carboxylic acids is 2. The van der Waals surface area contributed by atoms with Crippen molar-refractivity contribution in [3.63, 3.8) is 0 Å². The molecule has 1 heterocycles. The SMILES string of the molecule is COC(=O)C1=C(C)NC2=C(C(=O)CC(C)(C)C2)[C@@H]1c1ccccc1OC. The van der Waals surface area contributed by atoms with Crippen molar-refractivity contribution in [2.45, 2.75) is 39.5 Å². The number of esters is 1. The van der Waals surface area contributed by atoms with E-state index in [4.69, 9.17) is 9.47 Å². The van der Waals surface area contributed by atoms with Crippen molar-refractivity contribution in [3.05, 3.63) is 52.4 Å². The Hall–Kier alpha value is -2.56. The van der Waals surface area contributed by atoms with E-state index >= 15 is 0 Å². The van der Waals surface area contributed by atoms with Crippen molar-refractivity contribution >= 4 is 11.8 Å². The summed E-state index contributed by atoms with van der Waals surface area (Å²) < 4.78 is 10.6. The minimum Gasteiger partial charge on any atom is -0.496 e. The van der Waals surface area contributed by atoms with Gasteiger partial charge in [-0.05, 0) is 24.8 Å². The number of nitrogens with one attached hydrogen (secondary N) is 1. The zero-order valence-electron chi connectivity index (χ0n) is 15.9. The summed E-state index contributed by atoms with van der Waals surface area (Å²) >= 11 is 0. The van der Waals surface area contributed by atoms with Crippen LogP contribution in [0.2, 0.25) is 0 Å². The van der Waals surface area contributed by atoms with Crippen molar-refractivity contribution in [2.24, 2.45) is 5.41 Å². The molecule has 1 atom stereocenters. The molecule has 1 aromatic carbocycles. The van der Waals surface area contributed by atoms with Crippen molar-refractivity contribution < 1.29 is 19.1 Å². The zero-order chi connectivity index (χ0) is 19.1. The summed E-state index contributed by atoms with van der Waals surface area (Å²) in [7, 11) is 2.95. The Bertz CT molecular complexity index is 832. The summed E-state index contributed by atoms with van der Waals surface area (Å²) in [6.07, 6.45) is 1.21. The average Bonchev–Trinajstić information content (AvgIpc) is 2.58. The molecule has 0 aromatic heterocycles. The smallest absolute Gasteiger partial charge is 0.336 e. The molecular formula is C21H25NO4. The summed E-state index contributed by atoms with van der Waals surface area (Å²) in [6, 6.07) is 7.52. The van der Waals surface area contributed by atoms with E-state index in [0.717, 1.165) is 23.4 Å². The van der Waals surface area contributed by atoms with Crippen molar-refractivity contribution in [3.8, 4) is 5.75 Å². The monoisotopic (exact) mass is 355 g/mol. The van der Waals surface area contributed by atoms with Gasteiger partial charge in [0.15, 0.2) is 5.78 Å². The molecule has 3 rings (SSSR count). The Morgan fingerprint density at radius 3 is 2.54 bits per heavy atom. The molecule has 0 spiro atoms. The number of hydrogen-bond donors (Lipinski definition) is 1. The molecular weight excluding hydrogens is 330 g/mol. The second kappa shape index (κ2) is 6.63. The average molecular weight is 355 g/mol. The fourth-order valence-electron chi connectivity index (χ4n) is 4.03. The molecule has 0 saturated heterocycles. The van der Waals surface area contributed by atoms with Crippen molar-refractivity contribution in [1.29, 1.82) is 0 Å². The normalized spacial score (nSPS) is 21.9. The largest absolute Gasteiger partial charge is 0.496 e. The lowest BCUT2D eigenvalue weighted by Gasteiger charge is -2.39. The van der Waals surface area contributed by atoms with E-state index in [1.807, 2.05) is 31.2 Å². The Morgan fingerprint density at radius 2 is 1.88 bits per heavy atom. The number of dihydropyridines is 1. The first-order valence-corrected chi connectivity index (χ1v) is 8.74. The molecule has 1 aliphatic carbocycles. The topological polar surface area (TPSA) is 64.6 Å². The molecule has 1 N–H and O–H groups in total. The van der Waals surface area contributed by atoms with Gasteiger partial charge in [0.05, 0.1) is 25.7 Å². The van der Waals surface area contributed by atoms with Gasteiger partial charge in [0, 0.05) is 29.0 Å². The summed E-state index contributed by atoms with van der Waals surface area (Å²) in [5.74, 6) is -0.208. The standard InChI is InChI=1S/C21H25NO4/c1-12-17(20(24)26-5)18(13-8-6-7-9-16(13)25-4)19-14(22-12)10-21(2,3)11-15(19)23/h6-9,18,22H,10-11H2,1-5H3/t18-/m1/s1. The molecule has 1 aromatic rings. The quantitative estimate of drug-likeness (QED) is 0.841. The highest BCUT2D eigenvalue weighted by atomic mass is 16.5. The number of hydrogen-bond acceptors (Lipinski definition) is 5. The maximum Gasteiger partial charge on any atom is 0.336 e. The number of allylic oxidation sites excluding steroid dienone is 3. The lowest BCUT2D eigenvalue weighted by atomic mass is 9.68. The van der Waals surface area contributed by atoms with Crippen LogP contribution < -0.4 is 10.1 Å². The maximum atomic E-state index is 13.1. The molecule has 0 radical (unpaired) electrons. The highest BCUT2D eigenvalue weighted by Gasteiger charge is 2.43. The first-order valence-electron chi connectivity index (χ1n) is 8.74. The van der Waals surface area contributed by atoms with Crippen LogP contribution in [-0.2, 0) is 14.3 Å². The number of Topliss-reactive ketones (excluding diaryl/α,β-unsaturated/α-hetero) is 1. The van der Waals surface area contributed by atoms with Gasteiger partial charge < -0.3 is 14.8 Å². The summed E-state index contributed by atoms with van der Waals surface area (Å²) in [4.78, 5) is 25.7. The lowest BCUT2D eigenvalue weighted by molar-refractivity contribution is -0.136. The molecule has 138 valence electrons. The Labute approximate surface area is 154 Å². The molecule has 0 saturated carbocycles. The van der Waals surface area contributed by atoms with Gasteiger partial charge in [0.25, 0.3) is 0 Å². The van der Waals surface area contributed by atoms with Crippen LogP contribution in [0.3, 0.4) is 0 Å². The number of ketones is 1. The number of carbonyl (C=O) groups is 2. The lowest BCUT2D eigenvalue weighted by Crippen LogP contribution is -2.38. The number of methoxy groups -OCH3 is 2. The van der Waals surface area contributed by atoms with E-state index in [1.54, 1.807) is 7.11 Å². The Morgan fingerprint density at radius 1 is 1.19 bits per heavy atom. The molecule has 0 bridgehead atoms. The van der Waals surface area contributed by atoms with Crippen LogP contribution in [-0.4, -0.2) is 26.0 Å². The summed E-state index contributed by atoms with van der Waals surface area (Å²) in [5, 5.41) is 3.30. The fourth-order valence-corrected chi connectivity index (χ4v) is 4.03. The van der Waals surface area contributed by atoms with Crippen LogP contribution in [0, 0.1) is 5.41 Å². The van der Waals surface area contributed by atoms with Gasteiger partial charge in [-0.25, -0.2) is 4.79 Å². The van der Waals surface area contributed by atoms with Crippen LogP contribution in [0.25, 0.3) is 0 Å². The van der Waals surface area contributed by atoms with Crippen LogP contribution in [0.1, 0.15) is 45.1 Å². The molecule has 0 fully saturated rings. The summed E-state index contributed by atoms with van der Waals surface area (Å²) in [6.45, 7) is 6.03. The van der Waals surface area contributed by atoms with Gasteiger partial charge in [-0.1, -0.05) is 32.0 Å². The fraction of sp³-hybridized carbons (Fsp3) is 0.429. The second-order valence-electron chi connectivity index (χ2n) is 7.66. The third-order valence-electron chi connectivity index (χ3n) is 5.09. The highest BCUT2D eigenvalue weighted by Crippen LogP contribution is 2.48. The van der Waals surface area contributed by atoms with Gasteiger partial charge in [-0.3, -0.25) is 4.79 Å². The van der Waals surface area contributed by atoms with Crippen molar-refractivity contribution in [1.82, 2.24) is 5.32 Å². The minimum atomic E-state index is -0.488. The van der Waals surface area contributed by atoms with E-state index in [2.05, 4.69) is 19.2 Å². The number of benzene rings is 1. The predicted octanol–water partition coefficient (Wildman–Crippen LogP) is 3.47. The maximum absolute atomic E-state index is 13.1. The van der Waals surface area contributed by atoms with Crippen LogP contribution >= 0.6 is 0 Å². The van der Waals surface area contributed by atoms with E-state index < -0.39 is 11.9 Å². The molecule has 5 nitrogen and oxygen atoms in total. The molecule has 26 heavy (non-hydrogen) atoms. The van der Waals surface area contributed by atoms with E-state index in [9.17, 15) is 9.59 Å². The van der Waals surface area contributed by atoms with Crippen LogP contribution in [0.5, 0.6) is 5.75 Å². The molecule has 1 aliphatic heterocycles. The number of para-hydroxylation sites is 1. The number of rotatable bonds is 3. The number of ether oxygens (including phenoxy) is 2. The third-order valence-corrected chi connectivity index (χ3v) is 5.09. The van der Waals surface area contributed by atoms with Gasteiger partial charge >= 0.3 is 5.97 Å². The molecule has 0 unspecified atom stereocenters. The van der Waals surface area contributed by atoms with Gasteiger partial charge in [0.1, 0.15) is 5.75 Å². The van der Waals surface area contributed by atoms with E-state index in [1.165, 1.54) is 7.11 Å². The first-order chi connectivity index (χ1) is 12.3. The Kier molecular flexibility index (Phi) is 4.65. The van der Waals surface area contributed by atoms with Gasteiger partial charge in [-0.15, -0.1) is 0 Å². The van der Waals surface area contributed by atoms with E-state index in [-0.39, 0.29) is 11.2 Å². The zero-order valence-corrected chi connectivity index (χ0v) is 15.9. The third kappa shape index (κ3) is 3.02. The second-order valence-corrected chi connectivity index (χ2v) is 7.66. The predicted molar refractivity (Wildman–Crippen MR) is 98.6 cm³/mol. The molecule has 0 amide bonds. The minimum absolute atomic E-state index is 0.0635. The Balaban J connectivity index is 2.25. The van der Waals surface area contributed by atoms with Gasteiger partial charge in [0.2, 0.25) is 0 Å². The molecule has 2 aliphatic rings. The first kappa shape index (κ1) is 18.2. The molecule has 5 heteroatoms. The van der Waals surface area contributed by atoms with E-state index in [0.29, 0.717) is 23.3 Å². The van der Waals surface area contributed by atoms with Crippen LogP contribution in [0.4, 0.5) is 0 Å². The summed E-state index contributed by atoms with van der Waals surface area (Å²) in [5.41, 5.74) is 3.42. The van der Waals surface area contributed by atoms with Crippen LogP contribution in [0.15, 0.2) is 46.8 Å². The van der Waals surface area contributed by atoms with Crippen molar-refractivity contribution in [2.75, 3.05) is 14.2 Å².